The van der Waals surface area contributed by atoms with Gasteiger partial charge in [0.25, 0.3) is 25.8 Å². The van der Waals surface area contributed by atoms with Crippen LogP contribution in [-0.2, 0) is 20.2 Å². The smallest absolute Gasteiger partial charge is 0.335 e. The van der Waals surface area contributed by atoms with Crippen LogP contribution in [0.4, 0.5) is 33.6 Å². The van der Waals surface area contributed by atoms with E-state index < -0.39 is 76.6 Å². The molecule has 8 aromatic rings. The van der Waals surface area contributed by atoms with Crippen LogP contribution in [0, 0.1) is 6.92 Å². The van der Waals surface area contributed by atoms with Gasteiger partial charge >= 0.3 is 11.9 Å². The number of nitrogens with zero attached hydrogens (tertiary/aromatic N) is 8. The monoisotopic (exact) mass is 991 g/mol. The number of carboxylic acid groups (broad SMARTS) is 2. The van der Waals surface area contributed by atoms with Crippen molar-refractivity contribution in [3.05, 3.63) is 136 Å². The molecule has 0 saturated heterocycles. The average Bonchev–Trinajstić information content (AvgIpc) is 3.88. The first-order valence-electron chi connectivity index (χ1n) is 20.0. The highest BCUT2D eigenvalue weighted by Crippen LogP contribution is 2.43. The highest BCUT2D eigenvalue weighted by molar-refractivity contribution is 7.86. The molecule has 350 valence electrons. The first kappa shape index (κ1) is 47.1. The van der Waals surface area contributed by atoms with Crippen molar-refractivity contribution in [3.63, 3.8) is 0 Å². The highest BCUT2D eigenvalue weighted by atomic mass is 32.2. The van der Waals surface area contributed by atoms with Crippen molar-refractivity contribution < 1.29 is 55.6 Å². The third-order valence-corrected chi connectivity index (χ3v) is 12.7. The molecular formula is C44H33N9O13S3. The molecule has 0 atom stereocenters. The van der Waals surface area contributed by atoms with E-state index in [1.165, 1.54) is 35.6 Å². The number of phenolic OH excluding ortho intramolecular Hbond substituents is 1. The molecule has 0 saturated carbocycles. The van der Waals surface area contributed by atoms with E-state index in [2.05, 4.69) is 40.8 Å². The van der Waals surface area contributed by atoms with Gasteiger partial charge < -0.3 is 20.1 Å². The summed E-state index contributed by atoms with van der Waals surface area (Å²) >= 11 is 1.32. The number of carbonyl (C=O) groups is 2. The van der Waals surface area contributed by atoms with Crippen molar-refractivity contribution in [1.29, 1.82) is 0 Å². The Balaban J connectivity index is 1.16. The number of aromatic amines is 1. The number of aryl methyl sites for hydroxylation is 1. The van der Waals surface area contributed by atoms with Crippen LogP contribution >= 0.6 is 11.3 Å². The predicted molar refractivity (Wildman–Crippen MR) is 251 cm³/mol. The van der Waals surface area contributed by atoms with E-state index in [4.69, 9.17) is 4.74 Å². The Hall–Kier alpha value is -8.36. The van der Waals surface area contributed by atoms with Crippen molar-refractivity contribution in [1.82, 2.24) is 14.8 Å². The molecule has 2 heterocycles. The maximum atomic E-state index is 14.0. The van der Waals surface area contributed by atoms with Crippen LogP contribution in [0.5, 0.6) is 11.5 Å². The van der Waals surface area contributed by atoms with Gasteiger partial charge in [0.15, 0.2) is 11.4 Å². The van der Waals surface area contributed by atoms with Gasteiger partial charge in [-0.25, -0.2) is 19.3 Å². The number of nitrogens with one attached hydrogen (secondary N) is 1. The summed E-state index contributed by atoms with van der Waals surface area (Å²) in [7, 11) is -9.44. The van der Waals surface area contributed by atoms with Gasteiger partial charge in [-0.2, -0.15) is 16.8 Å². The van der Waals surface area contributed by atoms with Gasteiger partial charge in [-0.1, -0.05) is 59.9 Å². The van der Waals surface area contributed by atoms with E-state index in [0.29, 0.717) is 21.9 Å². The van der Waals surface area contributed by atoms with Gasteiger partial charge in [-0.05, 0) is 73.5 Å². The third-order valence-electron chi connectivity index (χ3n) is 10.1. The van der Waals surface area contributed by atoms with E-state index in [1.807, 2.05) is 24.3 Å². The summed E-state index contributed by atoms with van der Waals surface area (Å²) in [4.78, 5) is 41.3. The number of para-hydroxylation sites is 1. The first-order valence-corrected chi connectivity index (χ1v) is 23.8. The molecule has 8 rings (SSSR count). The standard InChI is InChI=1S/C44H33N9O13S3/c1-23-18-34(35(66-16-7-17-68(60,61)62)22-33(23)48-51-44-45-30-10-5-6-11-36(30)67-44)49-46-31-14-13-29-28(39(31)54)12-15-32(40(29)69(63,64)65)47-50-38-37(24-8-3-2-4-9-24)52-53(41(38)55)27-20-25(42(56)57)19-26(21-27)43(58)59/h2-6,8-15,18-22,52,54H,7,16-17H2,1H3,(H,56,57)(H,58,59)(H,60,61,62)(H,63,64,65). The fourth-order valence-electron chi connectivity index (χ4n) is 6.86. The molecule has 0 radical (unpaired) electrons. The van der Waals surface area contributed by atoms with E-state index in [1.54, 1.807) is 43.3 Å². The lowest BCUT2D eigenvalue weighted by atomic mass is 10.1. The van der Waals surface area contributed by atoms with Gasteiger partial charge in [-0.3, -0.25) is 19.0 Å². The third kappa shape index (κ3) is 10.5. The second kappa shape index (κ2) is 19.1. The van der Waals surface area contributed by atoms with E-state index in [9.17, 15) is 55.6 Å². The molecule has 22 nitrogen and oxygen atoms in total. The number of aromatic nitrogens is 3. The number of aromatic carboxylic acids is 2. The molecule has 0 unspecified atom stereocenters. The number of carboxylic acids is 2. The number of hydrogen-bond donors (Lipinski definition) is 6. The van der Waals surface area contributed by atoms with Crippen LogP contribution in [0.1, 0.15) is 32.7 Å². The van der Waals surface area contributed by atoms with Crippen LogP contribution in [0.15, 0.2) is 150 Å². The second-order valence-corrected chi connectivity index (χ2v) is 18.7. The van der Waals surface area contributed by atoms with E-state index >= 15 is 0 Å². The average molecular weight is 992 g/mol. The quantitative estimate of drug-likeness (QED) is 0.0298. The fraction of sp³-hybridized carbons (Fsp3) is 0.0909. The normalized spacial score (nSPS) is 12.3. The Morgan fingerprint density at radius 3 is 2.06 bits per heavy atom. The molecular weight excluding hydrogens is 959 g/mol. The molecule has 2 aromatic heterocycles. The summed E-state index contributed by atoms with van der Waals surface area (Å²) < 4.78 is 76.0. The number of benzene rings is 6. The molecule has 0 aliphatic heterocycles. The minimum atomic E-state index is -5.16. The second-order valence-electron chi connectivity index (χ2n) is 14.8. The maximum absolute atomic E-state index is 14.0. The Morgan fingerprint density at radius 1 is 0.739 bits per heavy atom. The van der Waals surface area contributed by atoms with Crippen molar-refractivity contribution in [2.24, 2.45) is 30.7 Å². The van der Waals surface area contributed by atoms with Gasteiger partial charge in [0.05, 0.1) is 50.8 Å². The molecule has 25 heteroatoms. The van der Waals surface area contributed by atoms with Crippen LogP contribution in [0.3, 0.4) is 0 Å². The zero-order valence-electron chi connectivity index (χ0n) is 35.3. The summed E-state index contributed by atoms with van der Waals surface area (Å²) in [5.74, 6) is -4.02. The summed E-state index contributed by atoms with van der Waals surface area (Å²) in [6.07, 6.45) is -0.0925. The largest absolute Gasteiger partial charge is 0.505 e. The van der Waals surface area contributed by atoms with Gasteiger partial charge in [0.2, 0.25) is 5.13 Å². The number of phenols is 1. The molecule has 0 aliphatic rings. The first-order chi connectivity index (χ1) is 32.8. The molecule has 0 aliphatic carbocycles. The number of aromatic hydroxyl groups is 1. The number of thiazole rings is 1. The number of hydrogen-bond acceptors (Lipinski definition) is 17. The highest BCUT2D eigenvalue weighted by Gasteiger charge is 2.24. The summed E-state index contributed by atoms with van der Waals surface area (Å²) in [5.41, 5.74) is -0.925. The zero-order chi connectivity index (χ0) is 49.2. The van der Waals surface area contributed by atoms with Crippen molar-refractivity contribution in [2.75, 3.05) is 12.4 Å². The Labute approximate surface area is 392 Å². The van der Waals surface area contributed by atoms with Crippen molar-refractivity contribution >= 4 is 98.1 Å². The van der Waals surface area contributed by atoms with E-state index in [-0.39, 0.29) is 52.3 Å². The van der Waals surface area contributed by atoms with Crippen LogP contribution in [-0.4, -0.2) is 80.3 Å². The van der Waals surface area contributed by atoms with Crippen molar-refractivity contribution in [3.8, 4) is 28.4 Å². The molecule has 0 amide bonds. The lowest BCUT2D eigenvalue weighted by molar-refractivity contribution is 0.0696. The molecule has 69 heavy (non-hydrogen) atoms. The van der Waals surface area contributed by atoms with E-state index in [0.717, 1.165) is 39.2 Å². The fourth-order valence-corrected chi connectivity index (χ4v) is 8.96. The molecule has 0 spiro atoms. The molecule has 6 N–H and O–H groups in total. The minimum absolute atomic E-state index is 0.0224. The van der Waals surface area contributed by atoms with Crippen LogP contribution < -0.4 is 10.3 Å². The maximum Gasteiger partial charge on any atom is 0.335 e. The molecule has 6 aromatic carbocycles. The summed E-state index contributed by atoms with van der Waals surface area (Å²) in [6, 6.07) is 26.4. The summed E-state index contributed by atoms with van der Waals surface area (Å²) in [6.45, 7) is 1.53. The van der Waals surface area contributed by atoms with Gasteiger partial charge in [0.1, 0.15) is 27.7 Å². The van der Waals surface area contributed by atoms with Gasteiger partial charge in [0, 0.05) is 22.4 Å². The zero-order valence-corrected chi connectivity index (χ0v) is 37.8. The Morgan fingerprint density at radius 2 is 1.38 bits per heavy atom. The Bertz CT molecular complexity index is 3690. The van der Waals surface area contributed by atoms with Crippen LogP contribution in [0.2, 0.25) is 0 Å². The van der Waals surface area contributed by atoms with Crippen LogP contribution in [0.25, 0.3) is 37.9 Å². The topological polar surface area (TPSA) is 338 Å². The number of fused-ring (bicyclic) bond motifs is 2. The number of H-pyrrole nitrogens is 1. The van der Waals surface area contributed by atoms with Crippen molar-refractivity contribution in [2.45, 2.75) is 18.2 Å². The molecule has 0 bridgehead atoms. The Kier molecular flexibility index (Phi) is 13.0. The predicted octanol–water partition coefficient (Wildman–Crippen LogP) is 10.2. The lowest BCUT2D eigenvalue weighted by Gasteiger charge is -2.11. The lowest BCUT2D eigenvalue weighted by Crippen LogP contribution is -2.16. The molecule has 0 fully saturated rings. The minimum Gasteiger partial charge on any atom is -0.505 e. The number of azo groups is 3. The number of ether oxygens (including phenoxy) is 1. The number of rotatable bonds is 16. The van der Waals surface area contributed by atoms with Gasteiger partial charge in [-0.15, -0.1) is 30.7 Å². The summed E-state index contributed by atoms with van der Waals surface area (Å²) in [5, 5.41) is 58.7. The SMILES string of the molecule is Cc1cc(N=Nc2ccc3c(S(=O)(=O)O)c(N=Nc4c(-c5ccccc5)[nH]n(-c5cc(C(=O)O)cc(C(=O)O)c5)c4=O)ccc3c2O)c(OCCCS(=O)(=O)O)cc1N=Nc1nc2ccccc2s1.